The van der Waals surface area contributed by atoms with E-state index in [0.717, 1.165) is 0 Å². The topological polar surface area (TPSA) is 105 Å². The van der Waals surface area contributed by atoms with E-state index in [9.17, 15) is 22.4 Å². The van der Waals surface area contributed by atoms with Gasteiger partial charge in [-0.25, -0.2) is 17.1 Å². The van der Waals surface area contributed by atoms with Gasteiger partial charge >= 0.3 is 0 Å². The molecule has 1 saturated heterocycles. The largest absolute Gasteiger partial charge is 0.383 e. The summed E-state index contributed by atoms with van der Waals surface area (Å²) in [5, 5.41) is 4.97. The lowest BCUT2D eigenvalue weighted by molar-refractivity contribution is -0.124. The molecule has 8 nitrogen and oxygen atoms in total. The summed E-state index contributed by atoms with van der Waals surface area (Å²) in [4.78, 5) is 25.4. The van der Waals surface area contributed by atoms with E-state index in [1.54, 1.807) is 13.8 Å². The predicted molar refractivity (Wildman–Crippen MR) is 111 cm³/mol. The van der Waals surface area contributed by atoms with E-state index in [0.29, 0.717) is 39.1 Å². The third kappa shape index (κ3) is 6.23. The molecular formula is C20H30FN3O5S. The van der Waals surface area contributed by atoms with Gasteiger partial charge in [0.05, 0.1) is 11.9 Å². The molecule has 0 saturated carbocycles. The Morgan fingerprint density at radius 2 is 1.80 bits per heavy atom. The molecule has 10 heteroatoms. The van der Waals surface area contributed by atoms with E-state index >= 15 is 0 Å². The van der Waals surface area contributed by atoms with Crippen LogP contribution < -0.4 is 10.6 Å². The lowest BCUT2D eigenvalue weighted by Crippen LogP contribution is -2.54. The highest BCUT2D eigenvalue weighted by molar-refractivity contribution is 7.89. The monoisotopic (exact) mass is 443 g/mol. The second kappa shape index (κ2) is 10.8. The SMILES string of the molecule is COCCNC(=O)[C@@H](NC(=O)c1ccc(F)cc1)C1CCN(S(=O)(=O)C(C)C)CC1. The van der Waals surface area contributed by atoms with Gasteiger partial charge in [0.2, 0.25) is 15.9 Å². The fourth-order valence-electron chi connectivity index (χ4n) is 3.37. The van der Waals surface area contributed by atoms with Crippen molar-refractivity contribution in [1.82, 2.24) is 14.9 Å². The van der Waals surface area contributed by atoms with E-state index in [1.165, 1.54) is 35.7 Å². The Kier molecular flexibility index (Phi) is 8.75. The molecule has 1 fully saturated rings. The summed E-state index contributed by atoms with van der Waals surface area (Å²) in [6, 6.07) is 4.23. The first kappa shape index (κ1) is 24.2. The predicted octanol–water partition coefficient (Wildman–Crippen LogP) is 1.14. The molecule has 2 amide bonds. The minimum absolute atomic E-state index is 0.226. The van der Waals surface area contributed by atoms with Crippen molar-refractivity contribution in [2.24, 2.45) is 5.92 Å². The number of ether oxygens (including phenoxy) is 1. The van der Waals surface area contributed by atoms with Gasteiger partial charge in [-0.3, -0.25) is 9.59 Å². The Balaban J connectivity index is 2.11. The highest BCUT2D eigenvalue weighted by Gasteiger charge is 2.36. The number of amides is 2. The molecule has 0 unspecified atom stereocenters. The first-order chi connectivity index (χ1) is 14.2. The molecule has 1 aliphatic heterocycles. The number of nitrogens with zero attached hydrogens (tertiary/aromatic N) is 1. The van der Waals surface area contributed by atoms with Crippen LogP contribution in [0, 0.1) is 11.7 Å². The summed E-state index contributed by atoms with van der Waals surface area (Å²) in [5.41, 5.74) is 0.242. The molecule has 0 spiro atoms. The molecule has 168 valence electrons. The molecular weight excluding hydrogens is 413 g/mol. The average Bonchev–Trinajstić information content (AvgIpc) is 2.72. The number of methoxy groups -OCH3 is 1. The summed E-state index contributed by atoms with van der Waals surface area (Å²) in [6.45, 7) is 4.47. The number of hydrogen-bond acceptors (Lipinski definition) is 5. The van der Waals surface area contributed by atoms with Crippen LogP contribution in [0.4, 0.5) is 4.39 Å². The average molecular weight is 444 g/mol. The normalized spacial score (nSPS) is 17.0. The summed E-state index contributed by atoms with van der Waals surface area (Å²) >= 11 is 0. The zero-order valence-electron chi connectivity index (χ0n) is 17.6. The molecule has 1 aromatic carbocycles. The number of piperidine rings is 1. The summed E-state index contributed by atoms with van der Waals surface area (Å²) in [6.07, 6.45) is 0.885. The third-order valence-corrected chi connectivity index (χ3v) is 7.48. The van der Waals surface area contributed by atoms with Crippen molar-refractivity contribution in [3.63, 3.8) is 0 Å². The fourth-order valence-corrected chi connectivity index (χ4v) is 4.69. The minimum atomic E-state index is -3.36. The van der Waals surface area contributed by atoms with Gasteiger partial charge in [-0.2, -0.15) is 0 Å². The Morgan fingerprint density at radius 3 is 2.33 bits per heavy atom. The molecule has 2 rings (SSSR count). The van der Waals surface area contributed by atoms with Crippen LogP contribution in [0.3, 0.4) is 0 Å². The first-order valence-corrected chi connectivity index (χ1v) is 11.5. The zero-order valence-corrected chi connectivity index (χ0v) is 18.4. The number of rotatable bonds is 9. The Hall–Kier alpha value is -2.04. The van der Waals surface area contributed by atoms with Crippen molar-refractivity contribution < 1.29 is 27.1 Å². The first-order valence-electron chi connectivity index (χ1n) is 9.99. The van der Waals surface area contributed by atoms with Crippen molar-refractivity contribution in [2.75, 3.05) is 33.4 Å². The minimum Gasteiger partial charge on any atom is -0.383 e. The number of hydrogen-bond donors (Lipinski definition) is 2. The third-order valence-electron chi connectivity index (χ3n) is 5.21. The number of nitrogens with one attached hydrogen (secondary N) is 2. The van der Waals surface area contributed by atoms with Crippen LogP contribution in [0.1, 0.15) is 37.0 Å². The molecule has 1 atom stereocenters. The highest BCUT2D eigenvalue weighted by Crippen LogP contribution is 2.24. The van der Waals surface area contributed by atoms with Gasteiger partial charge in [-0.1, -0.05) is 0 Å². The maximum atomic E-state index is 13.1. The molecule has 0 aromatic heterocycles. The molecule has 0 radical (unpaired) electrons. The van der Waals surface area contributed by atoms with Crippen LogP contribution in [-0.2, 0) is 19.6 Å². The van der Waals surface area contributed by atoms with E-state index in [-0.39, 0.29) is 17.4 Å². The Morgan fingerprint density at radius 1 is 1.20 bits per heavy atom. The van der Waals surface area contributed by atoms with Gasteiger partial charge in [-0.05, 0) is 56.9 Å². The number of halogens is 1. The number of carbonyl (C=O) groups excluding carboxylic acids is 2. The van der Waals surface area contributed by atoms with Crippen LogP contribution in [0.15, 0.2) is 24.3 Å². The second-order valence-electron chi connectivity index (χ2n) is 7.57. The molecule has 1 aromatic rings. The van der Waals surface area contributed by atoms with Crippen molar-refractivity contribution in [2.45, 2.75) is 38.0 Å². The summed E-state index contributed by atoms with van der Waals surface area (Å²) in [5.74, 6) is -1.53. The van der Waals surface area contributed by atoms with Crippen molar-refractivity contribution in [3.05, 3.63) is 35.6 Å². The van der Waals surface area contributed by atoms with Gasteiger partial charge in [0.15, 0.2) is 0 Å². The number of carbonyl (C=O) groups is 2. The van der Waals surface area contributed by atoms with E-state index in [1.807, 2.05) is 0 Å². The quantitative estimate of drug-likeness (QED) is 0.557. The zero-order chi connectivity index (χ0) is 22.3. The van der Waals surface area contributed by atoms with E-state index in [4.69, 9.17) is 4.74 Å². The molecule has 0 bridgehead atoms. The van der Waals surface area contributed by atoms with E-state index in [2.05, 4.69) is 10.6 Å². The molecule has 1 heterocycles. The van der Waals surface area contributed by atoms with Crippen molar-refractivity contribution in [1.29, 1.82) is 0 Å². The van der Waals surface area contributed by atoms with Crippen molar-refractivity contribution >= 4 is 21.8 Å². The lowest BCUT2D eigenvalue weighted by atomic mass is 9.89. The lowest BCUT2D eigenvalue weighted by Gasteiger charge is -2.35. The molecule has 2 N–H and O–H groups in total. The second-order valence-corrected chi connectivity index (χ2v) is 10.1. The molecule has 0 aliphatic carbocycles. The Bertz CT molecular complexity index is 821. The van der Waals surface area contributed by atoms with Gasteiger partial charge in [0.1, 0.15) is 11.9 Å². The van der Waals surface area contributed by atoms with Gasteiger partial charge < -0.3 is 15.4 Å². The fraction of sp³-hybridized carbons (Fsp3) is 0.600. The molecule has 1 aliphatic rings. The van der Waals surface area contributed by atoms with Crippen LogP contribution in [0.5, 0.6) is 0 Å². The van der Waals surface area contributed by atoms with Crippen LogP contribution in [0.2, 0.25) is 0 Å². The van der Waals surface area contributed by atoms with Crippen LogP contribution in [0.25, 0.3) is 0 Å². The number of benzene rings is 1. The highest BCUT2D eigenvalue weighted by atomic mass is 32.2. The standard InChI is InChI=1S/C20H30FN3O5S/c1-14(2)30(27,28)24-11-8-15(9-12-24)18(20(26)22-10-13-29-3)23-19(25)16-4-6-17(21)7-5-16/h4-7,14-15,18H,8-13H2,1-3H3,(H,22,26)(H,23,25)/t18-/m0/s1. The maximum absolute atomic E-state index is 13.1. The van der Waals surface area contributed by atoms with Crippen LogP contribution >= 0.6 is 0 Å². The van der Waals surface area contributed by atoms with Gasteiger partial charge in [-0.15, -0.1) is 0 Å². The van der Waals surface area contributed by atoms with E-state index < -0.39 is 33.0 Å². The maximum Gasteiger partial charge on any atom is 0.251 e. The van der Waals surface area contributed by atoms with Gasteiger partial charge in [0, 0.05) is 32.3 Å². The summed E-state index contributed by atoms with van der Waals surface area (Å²) < 4.78 is 44.3. The van der Waals surface area contributed by atoms with Crippen LogP contribution in [-0.4, -0.2) is 69.2 Å². The van der Waals surface area contributed by atoms with Gasteiger partial charge in [0.25, 0.3) is 5.91 Å². The Labute approximate surface area is 177 Å². The number of sulfonamides is 1. The summed E-state index contributed by atoms with van der Waals surface area (Å²) in [7, 11) is -1.84. The molecule has 30 heavy (non-hydrogen) atoms. The smallest absolute Gasteiger partial charge is 0.251 e. The van der Waals surface area contributed by atoms with Crippen molar-refractivity contribution in [3.8, 4) is 0 Å².